The topological polar surface area (TPSA) is 68.5 Å². The van der Waals surface area contributed by atoms with Gasteiger partial charge in [-0.2, -0.15) is 13.2 Å². The first-order valence-corrected chi connectivity index (χ1v) is 10.7. The summed E-state index contributed by atoms with van der Waals surface area (Å²) in [6.45, 7) is 0. The molecule has 158 valence electrons. The van der Waals surface area contributed by atoms with Crippen LogP contribution >= 0.6 is 0 Å². The molecule has 8 heteroatoms. The molecule has 0 atom stereocenters. The second-order valence-electron chi connectivity index (χ2n) is 6.77. The largest absolute Gasteiger partial charge is 0.741 e. The van der Waals surface area contributed by atoms with Crippen LogP contribution in [-0.2, 0) is 23.0 Å². The Kier molecular flexibility index (Phi) is 6.58. The van der Waals surface area contributed by atoms with Crippen molar-refractivity contribution in [1.29, 1.82) is 0 Å². The summed E-state index contributed by atoms with van der Waals surface area (Å²) in [5, 5.41) is 0. The van der Waals surface area contributed by atoms with Crippen LogP contribution in [0.5, 0.6) is 0 Å². The Balaban J connectivity index is 0.000000275. The molecule has 0 bridgehead atoms. The molecule has 0 spiro atoms. The zero-order chi connectivity index (χ0) is 21.8. The van der Waals surface area contributed by atoms with Crippen molar-refractivity contribution in [1.82, 2.24) is 0 Å². The predicted octanol–water partition coefficient (Wildman–Crippen LogP) is 5.82. The number of fused-ring (bicyclic) bond motifs is 1. The fourth-order valence-electron chi connectivity index (χ4n) is 3.28. The standard InChI is InChI=1S/C21H19O.CHF3O3S/c1-3-9-16(10-4-1)19-15-21(17-11-5-2-6-12-17)22-20-14-8-7-13-18(19)20;2-1(3,4)8(5,6)7/h1-6,9-12,15H,7-8,13-14H2;(H,5,6,7)/q+1;/p-1. The molecule has 4 rings (SSSR count). The van der Waals surface area contributed by atoms with E-state index in [9.17, 15) is 13.2 Å². The van der Waals surface area contributed by atoms with Crippen LogP contribution in [0.3, 0.4) is 0 Å². The molecular formula is C22H19F3O4S. The third kappa shape index (κ3) is 5.25. The molecule has 3 aromatic rings. The van der Waals surface area contributed by atoms with Crippen LogP contribution in [0.4, 0.5) is 13.2 Å². The molecule has 4 nitrogen and oxygen atoms in total. The van der Waals surface area contributed by atoms with Crippen molar-refractivity contribution in [2.24, 2.45) is 0 Å². The Hall–Kier alpha value is -2.71. The summed E-state index contributed by atoms with van der Waals surface area (Å²) in [4.78, 5) is 0. The smallest absolute Gasteiger partial charge is 0.485 e. The van der Waals surface area contributed by atoms with Crippen molar-refractivity contribution in [3.8, 4) is 22.5 Å². The minimum Gasteiger partial charge on any atom is -0.741 e. The first kappa shape index (κ1) is 22.0. The highest BCUT2D eigenvalue weighted by Gasteiger charge is 2.37. The van der Waals surface area contributed by atoms with Gasteiger partial charge in [0, 0.05) is 5.56 Å². The molecule has 0 fully saturated rings. The summed E-state index contributed by atoms with van der Waals surface area (Å²) >= 11 is 0. The van der Waals surface area contributed by atoms with Gasteiger partial charge in [-0.25, -0.2) is 12.8 Å². The Bertz CT molecular complexity index is 1100. The van der Waals surface area contributed by atoms with Gasteiger partial charge in [0.1, 0.15) is 0 Å². The summed E-state index contributed by atoms with van der Waals surface area (Å²) in [5.41, 5.74) is -0.480. The van der Waals surface area contributed by atoms with Crippen molar-refractivity contribution in [2.45, 2.75) is 31.2 Å². The number of hydrogen-bond donors (Lipinski definition) is 0. The molecule has 0 amide bonds. The zero-order valence-corrected chi connectivity index (χ0v) is 16.7. The van der Waals surface area contributed by atoms with Crippen molar-refractivity contribution in [2.75, 3.05) is 0 Å². The quantitative estimate of drug-likeness (QED) is 0.288. The third-order valence-corrected chi connectivity index (χ3v) is 5.24. The maximum absolute atomic E-state index is 10.7. The third-order valence-electron chi connectivity index (χ3n) is 4.68. The van der Waals surface area contributed by atoms with E-state index in [0.717, 1.165) is 24.2 Å². The maximum atomic E-state index is 10.7. The molecule has 0 unspecified atom stereocenters. The molecule has 0 saturated carbocycles. The monoisotopic (exact) mass is 436 g/mol. The van der Waals surface area contributed by atoms with Gasteiger partial charge in [0.25, 0.3) is 0 Å². The highest BCUT2D eigenvalue weighted by atomic mass is 32.2. The Labute approximate surface area is 172 Å². The SMILES string of the molecule is O=S(=O)([O-])C(F)(F)F.c1ccc(-c2cc(-c3ccccc3)c3c([o+]2)CCCC3)cc1. The van der Waals surface area contributed by atoms with E-state index in [0.29, 0.717) is 0 Å². The molecule has 0 aliphatic heterocycles. The van der Waals surface area contributed by atoms with E-state index in [-0.39, 0.29) is 0 Å². The lowest BCUT2D eigenvalue weighted by molar-refractivity contribution is -0.0517. The minimum atomic E-state index is -6.09. The van der Waals surface area contributed by atoms with E-state index in [1.54, 1.807) is 0 Å². The van der Waals surface area contributed by atoms with Crippen LogP contribution in [0.15, 0.2) is 71.1 Å². The van der Waals surface area contributed by atoms with Gasteiger partial charge in [-0.05, 0) is 37.0 Å². The zero-order valence-electron chi connectivity index (χ0n) is 15.9. The predicted molar refractivity (Wildman–Crippen MR) is 106 cm³/mol. The van der Waals surface area contributed by atoms with E-state index in [1.807, 2.05) is 6.07 Å². The summed E-state index contributed by atoms with van der Waals surface area (Å²) in [6, 6.07) is 23.3. The van der Waals surface area contributed by atoms with E-state index >= 15 is 0 Å². The van der Waals surface area contributed by atoms with Gasteiger partial charge in [0.15, 0.2) is 10.1 Å². The maximum Gasteiger partial charge on any atom is 0.485 e. The second kappa shape index (κ2) is 8.97. The number of hydrogen-bond acceptors (Lipinski definition) is 3. The van der Waals surface area contributed by atoms with Crippen LogP contribution in [0.2, 0.25) is 0 Å². The lowest BCUT2D eigenvalue weighted by Crippen LogP contribution is -2.21. The van der Waals surface area contributed by atoms with Gasteiger partial charge in [0.05, 0.1) is 23.6 Å². The Morgan fingerprint density at radius 2 is 1.33 bits per heavy atom. The molecule has 2 aromatic carbocycles. The lowest BCUT2D eigenvalue weighted by atomic mass is 9.89. The van der Waals surface area contributed by atoms with Crippen molar-refractivity contribution in [3.05, 3.63) is 78.1 Å². The average molecular weight is 436 g/mol. The highest BCUT2D eigenvalue weighted by Crippen LogP contribution is 2.36. The van der Waals surface area contributed by atoms with Crippen LogP contribution in [0.25, 0.3) is 22.5 Å². The van der Waals surface area contributed by atoms with E-state index in [4.69, 9.17) is 17.4 Å². The number of halogens is 3. The lowest BCUT2D eigenvalue weighted by Gasteiger charge is -2.13. The average Bonchev–Trinajstić information content (AvgIpc) is 2.73. The number of alkyl halides is 3. The normalized spacial score (nSPS) is 13.7. The first-order valence-electron chi connectivity index (χ1n) is 9.29. The van der Waals surface area contributed by atoms with Gasteiger partial charge in [-0.1, -0.05) is 48.5 Å². The molecule has 0 N–H and O–H groups in total. The second-order valence-corrected chi connectivity index (χ2v) is 8.14. The van der Waals surface area contributed by atoms with Gasteiger partial charge < -0.3 is 4.55 Å². The van der Waals surface area contributed by atoms with Crippen LogP contribution in [0, 0.1) is 0 Å². The molecule has 0 radical (unpaired) electrons. The molecule has 1 aliphatic carbocycles. The summed E-state index contributed by atoms with van der Waals surface area (Å²) in [7, 11) is -6.09. The molecule has 1 aromatic heterocycles. The number of aryl methyl sites for hydroxylation is 1. The first-order chi connectivity index (χ1) is 14.2. The van der Waals surface area contributed by atoms with Crippen molar-refractivity contribution < 1.29 is 30.6 Å². The minimum absolute atomic E-state index is 0.972. The molecule has 0 saturated heterocycles. The Morgan fingerprint density at radius 1 is 0.833 bits per heavy atom. The molecule has 1 aliphatic rings. The van der Waals surface area contributed by atoms with Gasteiger partial charge in [-0.3, -0.25) is 0 Å². The van der Waals surface area contributed by atoms with E-state index in [1.165, 1.54) is 35.3 Å². The van der Waals surface area contributed by atoms with Crippen LogP contribution < -0.4 is 0 Å². The molecule has 30 heavy (non-hydrogen) atoms. The molecular weight excluding hydrogens is 417 g/mol. The molecule has 1 heterocycles. The van der Waals surface area contributed by atoms with Gasteiger partial charge in [-0.15, -0.1) is 0 Å². The summed E-state index contributed by atoms with van der Waals surface area (Å²) in [5.74, 6) is 2.14. The fourth-order valence-corrected chi connectivity index (χ4v) is 3.28. The van der Waals surface area contributed by atoms with Crippen molar-refractivity contribution >= 4 is 10.1 Å². The summed E-state index contributed by atoms with van der Waals surface area (Å²) in [6.07, 6.45) is 4.66. The van der Waals surface area contributed by atoms with E-state index in [2.05, 4.69) is 60.7 Å². The highest BCUT2D eigenvalue weighted by molar-refractivity contribution is 7.86. The number of benzene rings is 2. The van der Waals surface area contributed by atoms with Crippen LogP contribution in [-0.4, -0.2) is 18.5 Å². The van der Waals surface area contributed by atoms with Gasteiger partial charge >= 0.3 is 17.0 Å². The van der Waals surface area contributed by atoms with Gasteiger partial charge in [0.2, 0.25) is 0 Å². The van der Waals surface area contributed by atoms with E-state index < -0.39 is 15.6 Å². The number of rotatable bonds is 2. The van der Waals surface area contributed by atoms with Crippen molar-refractivity contribution in [3.63, 3.8) is 0 Å². The fraction of sp³-hybridized carbons (Fsp3) is 0.227. The summed E-state index contributed by atoms with van der Waals surface area (Å²) < 4.78 is 65.2. The Morgan fingerprint density at radius 3 is 1.87 bits per heavy atom. The van der Waals surface area contributed by atoms with Crippen LogP contribution in [0.1, 0.15) is 24.2 Å².